The lowest BCUT2D eigenvalue weighted by atomic mass is 10.1. The molecule has 154 valence electrons. The van der Waals surface area contributed by atoms with Gasteiger partial charge in [-0.2, -0.15) is 0 Å². The van der Waals surface area contributed by atoms with E-state index in [4.69, 9.17) is 10.5 Å². The molecule has 7 heteroatoms. The number of carbonyl (C=O) groups excluding carboxylic acids is 2. The van der Waals surface area contributed by atoms with Crippen molar-refractivity contribution in [3.63, 3.8) is 0 Å². The van der Waals surface area contributed by atoms with Crippen LogP contribution in [0.2, 0.25) is 0 Å². The normalized spacial score (nSPS) is 14.3. The van der Waals surface area contributed by atoms with Crippen molar-refractivity contribution in [1.82, 2.24) is 10.2 Å². The number of carbonyl (C=O) groups is 2. The van der Waals surface area contributed by atoms with Gasteiger partial charge >= 0.3 is 0 Å². The summed E-state index contributed by atoms with van der Waals surface area (Å²) < 4.78 is 5.32. The number of nitrogen functional groups attached to an aromatic ring is 1. The third-order valence-electron chi connectivity index (χ3n) is 4.80. The molecule has 1 aliphatic heterocycles. The Balaban J connectivity index is 1.43. The second kappa shape index (κ2) is 10.6. The first kappa shape index (κ1) is 20.8. The largest absolute Gasteiger partial charge is 0.399 e. The monoisotopic (exact) mass is 396 g/mol. The van der Waals surface area contributed by atoms with Crippen LogP contribution in [-0.2, 0) is 27.3 Å². The van der Waals surface area contributed by atoms with Gasteiger partial charge in [0.15, 0.2) is 0 Å². The molecule has 29 heavy (non-hydrogen) atoms. The molecule has 1 saturated heterocycles. The Bertz CT molecular complexity index is 817. The van der Waals surface area contributed by atoms with Gasteiger partial charge < -0.3 is 21.1 Å². The maximum Gasteiger partial charge on any atom is 0.225 e. The van der Waals surface area contributed by atoms with Crippen molar-refractivity contribution in [2.24, 2.45) is 0 Å². The van der Waals surface area contributed by atoms with Crippen LogP contribution in [-0.4, -0.2) is 49.6 Å². The lowest BCUT2D eigenvalue weighted by Crippen LogP contribution is -2.38. The molecule has 0 radical (unpaired) electrons. The van der Waals surface area contributed by atoms with Gasteiger partial charge in [0.05, 0.1) is 19.6 Å². The van der Waals surface area contributed by atoms with E-state index in [-0.39, 0.29) is 11.8 Å². The van der Waals surface area contributed by atoms with Crippen LogP contribution in [0.15, 0.2) is 48.5 Å². The summed E-state index contributed by atoms with van der Waals surface area (Å²) in [6.45, 7) is 4.35. The fourth-order valence-corrected chi connectivity index (χ4v) is 3.15. The highest BCUT2D eigenvalue weighted by molar-refractivity contribution is 5.90. The van der Waals surface area contributed by atoms with Crippen molar-refractivity contribution in [2.45, 2.75) is 19.4 Å². The zero-order chi connectivity index (χ0) is 20.5. The van der Waals surface area contributed by atoms with Crippen molar-refractivity contribution >= 4 is 23.2 Å². The van der Waals surface area contributed by atoms with Gasteiger partial charge in [-0.05, 0) is 35.4 Å². The molecular formula is C22H28N4O3. The second-order valence-electron chi connectivity index (χ2n) is 7.15. The lowest BCUT2D eigenvalue weighted by molar-refractivity contribution is -0.120. The maximum atomic E-state index is 12.2. The molecule has 0 unspecified atom stereocenters. The lowest BCUT2D eigenvalue weighted by Gasteiger charge is -2.26. The number of benzene rings is 2. The fourth-order valence-electron chi connectivity index (χ4n) is 3.15. The Hall–Kier alpha value is -2.90. The number of morpholine rings is 1. The highest BCUT2D eigenvalue weighted by Crippen LogP contribution is 2.12. The van der Waals surface area contributed by atoms with E-state index < -0.39 is 0 Å². The van der Waals surface area contributed by atoms with Gasteiger partial charge in [-0.3, -0.25) is 14.5 Å². The molecule has 0 atom stereocenters. The Labute approximate surface area is 171 Å². The van der Waals surface area contributed by atoms with Crippen LogP contribution in [0.3, 0.4) is 0 Å². The number of rotatable bonds is 8. The van der Waals surface area contributed by atoms with Crippen molar-refractivity contribution in [2.75, 3.05) is 43.9 Å². The maximum absolute atomic E-state index is 12.2. The molecule has 0 aromatic heterocycles. The number of ether oxygens (including phenoxy) is 1. The molecule has 3 rings (SSSR count). The van der Waals surface area contributed by atoms with Crippen LogP contribution in [0, 0.1) is 0 Å². The van der Waals surface area contributed by atoms with Crippen LogP contribution in [0.25, 0.3) is 0 Å². The molecule has 4 N–H and O–H groups in total. The number of anilines is 2. The molecule has 1 heterocycles. The Morgan fingerprint density at radius 2 is 1.76 bits per heavy atom. The fraction of sp³-hybridized carbons (Fsp3) is 0.364. The van der Waals surface area contributed by atoms with E-state index in [9.17, 15) is 9.59 Å². The van der Waals surface area contributed by atoms with Gasteiger partial charge in [-0.15, -0.1) is 0 Å². The van der Waals surface area contributed by atoms with E-state index in [0.717, 1.165) is 49.7 Å². The van der Waals surface area contributed by atoms with E-state index in [1.54, 1.807) is 12.1 Å². The third-order valence-corrected chi connectivity index (χ3v) is 4.80. The summed E-state index contributed by atoms with van der Waals surface area (Å²) >= 11 is 0. The third kappa shape index (κ3) is 7.21. The summed E-state index contributed by atoms with van der Waals surface area (Å²) in [7, 11) is 0. The van der Waals surface area contributed by atoms with E-state index >= 15 is 0 Å². The number of nitrogens with one attached hydrogen (secondary N) is 2. The average Bonchev–Trinajstić information content (AvgIpc) is 2.73. The van der Waals surface area contributed by atoms with Crippen LogP contribution in [0.5, 0.6) is 0 Å². The van der Waals surface area contributed by atoms with E-state index in [1.807, 2.05) is 36.4 Å². The molecule has 2 aromatic carbocycles. The van der Waals surface area contributed by atoms with Crippen LogP contribution in [0.1, 0.15) is 17.5 Å². The minimum Gasteiger partial charge on any atom is -0.399 e. The minimum atomic E-state index is -0.0604. The smallest absolute Gasteiger partial charge is 0.225 e. The predicted molar refractivity (Wildman–Crippen MR) is 113 cm³/mol. The van der Waals surface area contributed by atoms with Gasteiger partial charge in [0.1, 0.15) is 0 Å². The van der Waals surface area contributed by atoms with Crippen molar-refractivity contribution in [1.29, 1.82) is 0 Å². The molecule has 1 aliphatic rings. The molecule has 7 nitrogen and oxygen atoms in total. The van der Waals surface area contributed by atoms with Crippen LogP contribution >= 0.6 is 0 Å². The summed E-state index contributed by atoms with van der Waals surface area (Å²) in [4.78, 5) is 26.6. The molecule has 0 bridgehead atoms. The molecule has 0 saturated carbocycles. The average molecular weight is 396 g/mol. The first-order valence-electron chi connectivity index (χ1n) is 9.88. The number of nitrogens with two attached hydrogens (primary N) is 1. The Morgan fingerprint density at radius 1 is 1.00 bits per heavy atom. The first-order valence-corrected chi connectivity index (χ1v) is 9.88. The molecule has 2 amide bonds. The molecular weight excluding hydrogens is 368 g/mol. The quantitative estimate of drug-likeness (QED) is 0.591. The van der Waals surface area contributed by atoms with E-state index in [2.05, 4.69) is 15.5 Å². The first-order chi connectivity index (χ1) is 14.1. The standard InChI is InChI=1S/C22H28N4O3/c23-19-6-4-17(5-7-19)15-22(28)24-16-18-2-1-3-20(14-18)25-21(27)8-9-26-10-12-29-13-11-26/h1-7,14H,8-13,15-16,23H2,(H,24,28)(H,25,27). The van der Waals surface area contributed by atoms with Gasteiger partial charge in [0.2, 0.25) is 11.8 Å². The number of hydrogen-bond acceptors (Lipinski definition) is 5. The van der Waals surface area contributed by atoms with Crippen molar-refractivity contribution < 1.29 is 14.3 Å². The topological polar surface area (TPSA) is 96.7 Å². The zero-order valence-electron chi connectivity index (χ0n) is 16.5. The highest BCUT2D eigenvalue weighted by Gasteiger charge is 2.12. The van der Waals surface area contributed by atoms with Gasteiger partial charge in [0.25, 0.3) is 0 Å². The summed E-state index contributed by atoms with van der Waals surface area (Å²) in [6, 6.07) is 14.8. The van der Waals surface area contributed by atoms with E-state index in [0.29, 0.717) is 25.1 Å². The number of amides is 2. The molecule has 0 aliphatic carbocycles. The molecule has 0 spiro atoms. The van der Waals surface area contributed by atoms with Crippen LogP contribution < -0.4 is 16.4 Å². The highest BCUT2D eigenvalue weighted by atomic mass is 16.5. The van der Waals surface area contributed by atoms with Crippen LogP contribution in [0.4, 0.5) is 11.4 Å². The van der Waals surface area contributed by atoms with E-state index in [1.165, 1.54) is 0 Å². The Morgan fingerprint density at radius 3 is 2.52 bits per heavy atom. The zero-order valence-corrected chi connectivity index (χ0v) is 16.5. The van der Waals surface area contributed by atoms with Gasteiger partial charge in [-0.25, -0.2) is 0 Å². The van der Waals surface area contributed by atoms with Gasteiger partial charge in [0, 0.05) is 44.0 Å². The minimum absolute atomic E-state index is 0.0129. The predicted octanol–water partition coefficient (Wildman–Crippen LogP) is 1.79. The second-order valence-corrected chi connectivity index (χ2v) is 7.15. The van der Waals surface area contributed by atoms with Gasteiger partial charge in [-0.1, -0.05) is 24.3 Å². The molecule has 2 aromatic rings. The van der Waals surface area contributed by atoms with Crippen molar-refractivity contribution in [3.05, 3.63) is 59.7 Å². The molecule has 1 fully saturated rings. The Kier molecular flexibility index (Phi) is 7.61. The SMILES string of the molecule is Nc1ccc(CC(=O)NCc2cccc(NC(=O)CCN3CCOCC3)c2)cc1. The summed E-state index contributed by atoms with van der Waals surface area (Å²) in [6.07, 6.45) is 0.751. The summed E-state index contributed by atoms with van der Waals surface area (Å²) in [5.41, 5.74) is 8.92. The number of nitrogens with zero attached hydrogens (tertiary/aromatic N) is 1. The number of hydrogen-bond donors (Lipinski definition) is 3. The summed E-state index contributed by atoms with van der Waals surface area (Å²) in [5, 5.41) is 5.84. The summed E-state index contributed by atoms with van der Waals surface area (Å²) in [5.74, 6) is -0.0734. The van der Waals surface area contributed by atoms with Crippen molar-refractivity contribution in [3.8, 4) is 0 Å².